The molecule has 2 aliphatic rings. The summed E-state index contributed by atoms with van der Waals surface area (Å²) >= 11 is 0. The maximum atomic E-state index is 9.07. The highest BCUT2D eigenvalue weighted by molar-refractivity contribution is 5.45. The smallest absolute Gasteiger partial charge is 0.151 e. The molecule has 1 N–H and O–H groups in total. The van der Waals surface area contributed by atoms with Gasteiger partial charge in [0, 0.05) is 65.4 Å². The summed E-state index contributed by atoms with van der Waals surface area (Å²) in [6.45, 7) is 12.0. The van der Waals surface area contributed by atoms with Crippen LogP contribution in [0.25, 0.3) is 0 Å². The molecule has 0 bridgehead atoms. The van der Waals surface area contributed by atoms with Gasteiger partial charge in [0.1, 0.15) is 0 Å². The molecular weight excluding hydrogens is 364 g/mol. The number of aliphatic hydroxyl groups is 1. The second-order valence-corrected chi connectivity index (χ2v) is 8.05. The maximum absolute atomic E-state index is 9.07. The van der Waals surface area contributed by atoms with E-state index in [9.17, 15) is 0 Å². The van der Waals surface area contributed by atoms with Crippen LogP contribution in [0.3, 0.4) is 0 Å². The van der Waals surface area contributed by atoms with E-state index >= 15 is 0 Å². The first-order valence-electron chi connectivity index (χ1n) is 10.7. The predicted octanol–water partition coefficient (Wildman–Crippen LogP) is 1.22. The lowest BCUT2D eigenvalue weighted by Gasteiger charge is -2.36. The Morgan fingerprint density at radius 1 is 0.724 bits per heavy atom. The lowest BCUT2D eigenvalue weighted by molar-refractivity contribution is 0.188. The predicted molar refractivity (Wildman–Crippen MR) is 116 cm³/mol. The first kappa shape index (κ1) is 20.1. The van der Waals surface area contributed by atoms with Crippen molar-refractivity contribution >= 4 is 11.6 Å². The number of aryl methyl sites for hydroxylation is 1. The number of aliphatic hydroxyl groups excluding tert-OH is 1. The van der Waals surface area contributed by atoms with Crippen LogP contribution in [0.5, 0.6) is 0 Å². The zero-order valence-electron chi connectivity index (χ0n) is 17.4. The van der Waals surface area contributed by atoms with Crippen molar-refractivity contribution in [1.29, 1.82) is 0 Å². The summed E-state index contributed by atoms with van der Waals surface area (Å²) in [5.74, 6) is 1.93. The van der Waals surface area contributed by atoms with Gasteiger partial charge in [0.15, 0.2) is 11.6 Å². The molecule has 0 saturated carbocycles. The molecule has 0 unspecified atom stereocenters. The van der Waals surface area contributed by atoms with Crippen LogP contribution in [-0.2, 0) is 6.54 Å². The first-order valence-corrected chi connectivity index (χ1v) is 10.7. The third kappa shape index (κ3) is 5.23. The number of piperazine rings is 2. The van der Waals surface area contributed by atoms with E-state index in [2.05, 4.69) is 73.1 Å². The topological polar surface area (TPSA) is 59.0 Å². The van der Waals surface area contributed by atoms with Gasteiger partial charge in [-0.05, 0) is 24.6 Å². The number of benzene rings is 1. The van der Waals surface area contributed by atoms with Gasteiger partial charge in [0.2, 0.25) is 0 Å². The number of nitrogens with zero attached hydrogens (tertiary/aromatic N) is 6. The van der Waals surface area contributed by atoms with Gasteiger partial charge in [0.05, 0.1) is 6.61 Å². The van der Waals surface area contributed by atoms with E-state index in [-0.39, 0.29) is 6.61 Å². The van der Waals surface area contributed by atoms with Gasteiger partial charge in [-0.2, -0.15) is 0 Å². The average molecular weight is 397 g/mol. The van der Waals surface area contributed by atoms with E-state index in [1.165, 1.54) is 11.1 Å². The van der Waals surface area contributed by atoms with Gasteiger partial charge in [-0.15, -0.1) is 10.2 Å². The van der Waals surface area contributed by atoms with E-state index in [1.54, 1.807) is 0 Å². The van der Waals surface area contributed by atoms with Crippen LogP contribution in [0.1, 0.15) is 11.1 Å². The fraction of sp³-hybridized carbons (Fsp3) is 0.545. The second kappa shape index (κ2) is 9.52. The third-order valence-electron chi connectivity index (χ3n) is 5.97. The summed E-state index contributed by atoms with van der Waals surface area (Å²) in [7, 11) is 0. The Kier molecular flexibility index (Phi) is 6.59. The fourth-order valence-electron chi connectivity index (χ4n) is 4.08. The average Bonchev–Trinajstić information content (AvgIpc) is 2.77. The van der Waals surface area contributed by atoms with Crippen LogP contribution in [0.15, 0.2) is 36.4 Å². The molecule has 29 heavy (non-hydrogen) atoms. The van der Waals surface area contributed by atoms with Crippen LogP contribution in [0.2, 0.25) is 0 Å². The van der Waals surface area contributed by atoms with E-state index in [0.717, 1.165) is 77.1 Å². The summed E-state index contributed by atoms with van der Waals surface area (Å²) in [4.78, 5) is 9.41. The minimum atomic E-state index is 0.229. The molecule has 1 aromatic carbocycles. The number of β-amino-alcohol motifs (C(OH)–C–C–N with tert-alkyl or cyclic N) is 1. The van der Waals surface area contributed by atoms with Crippen molar-refractivity contribution in [2.24, 2.45) is 0 Å². The van der Waals surface area contributed by atoms with E-state index in [1.807, 2.05) is 0 Å². The summed E-state index contributed by atoms with van der Waals surface area (Å²) in [5.41, 5.74) is 2.69. The van der Waals surface area contributed by atoms with Gasteiger partial charge in [-0.3, -0.25) is 9.80 Å². The first-order chi connectivity index (χ1) is 14.2. The molecule has 1 aromatic heterocycles. The van der Waals surface area contributed by atoms with Crippen molar-refractivity contribution in [2.75, 3.05) is 75.3 Å². The summed E-state index contributed by atoms with van der Waals surface area (Å²) in [6, 6.07) is 13.1. The number of rotatable bonds is 6. The summed E-state index contributed by atoms with van der Waals surface area (Å²) in [5, 5.41) is 18.1. The second-order valence-electron chi connectivity index (χ2n) is 8.05. The van der Waals surface area contributed by atoms with E-state index in [0.29, 0.717) is 0 Å². The zero-order valence-corrected chi connectivity index (χ0v) is 17.4. The Balaban J connectivity index is 1.26. The Hall–Kier alpha value is -2.22. The van der Waals surface area contributed by atoms with Gasteiger partial charge in [0.25, 0.3) is 0 Å². The Morgan fingerprint density at radius 2 is 1.24 bits per heavy atom. The highest BCUT2D eigenvalue weighted by Crippen LogP contribution is 2.18. The minimum absolute atomic E-state index is 0.229. The van der Waals surface area contributed by atoms with Crippen molar-refractivity contribution in [3.05, 3.63) is 47.5 Å². The maximum Gasteiger partial charge on any atom is 0.151 e. The van der Waals surface area contributed by atoms with Crippen molar-refractivity contribution in [1.82, 2.24) is 20.0 Å². The van der Waals surface area contributed by atoms with Gasteiger partial charge < -0.3 is 14.9 Å². The molecule has 4 rings (SSSR count). The molecule has 2 saturated heterocycles. The van der Waals surface area contributed by atoms with Gasteiger partial charge in [-0.1, -0.05) is 29.8 Å². The van der Waals surface area contributed by atoms with Gasteiger partial charge >= 0.3 is 0 Å². The lowest BCUT2D eigenvalue weighted by Crippen LogP contribution is -2.47. The molecule has 7 nitrogen and oxygen atoms in total. The van der Waals surface area contributed by atoms with Crippen molar-refractivity contribution in [3.8, 4) is 0 Å². The molecule has 0 amide bonds. The molecule has 2 aliphatic heterocycles. The Labute approximate surface area is 173 Å². The van der Waals surface area contributed by atoms with Crippen LogP contribution in [-0.4, -0.2) is 90.6 Å². The van der Waals surface area contributed by atoms with Crippen molar-refractivity contribution in [2.45, 2.75) is 13.5 Å². The normalized spacial score (nSPS) is 19.0. The molecule has 3 heterocycles. The monoisotopic (exact) mass is 396 g/mol. The molecule has 2 fully saturated rings. The summed E-state index contributed by atoms with van der Waals surface area (Å²) in [6.07, 6.45) is 0. The SMILES string of the molecule is Cc1ccc(CN2CCN(c3ccc(N4CCN(CCO)CC4)nn3)CC2)cc1. The number of anilines is 2. The quantitative estimate of drug-likeness (QED) is 0.788. The molecule has 0 radical (unpaired) electrons. The minimum Gasteiger partial charge on any atom is -0.395 e. The summed E-state index contributed by atoms with van der Waals surface area (Å²) < 4.78 is 0. The zero-order chi connectivity index (χ0) is 20.1. The molecule has 0 atom stereocenters. The van der Waals surface area contributed by atoms with Crippen LogP contribution in [0, 0.1) is 6.92 Å². The number of hydrogen-bond donors (Lipinski definition) is 1. The largest absolute Gasteiger partial charge is 0.395 e. The number of hydrogen-bond acceptors (Lipinski definition) is 7. The number of aromatic nitrogens is 2. The fourth-order valence-corrected chi connectivity index (χ4v) is 4.08. The molecule has 7 heteroatoms. The Morgan fingerprint density at radius 3 is 1.72 bits per heavy atom. The molecule has 2 aromatic rings. The van der Waals surface area contributed by atoms with Crippen LogP contribution in [0.4, 0.5) is 11.6 Å². The van der Waals surface area contributed by atoms with Crippen molar-refractivity contribution < 1.29 is 5.11 Å². The molecule has 0 spiro atoms. The molecular formula is C22H32N6O. The Bertz CT molecular complexity index is 750. The van der Waals surface area contributed by atoms with Crippen LogP contribution >= 0.6 is 0 Å². The third-order valence-corrected chi connectivity index (χ3v) is 5.97. The lowest BCUT2D eigenvalue weighted by atomic mass is 10.1. The highest BCUT2D eigenvalue weighted by atomic mass is 16.3. The molecule has 0 aliphatic carbocycles. The standard InChI is InChI=1S/C22H32N6O/c1-19-2-4-20(5-3-19)18-26-10-14-28(15-11-26)22-7-6-21(23-24-22)27-12-8-25(9-13-27)16-17-29/h2-7,29H,8-18H2,1H3. The molecule has 156 valence electrons. The van der Waals surface area contributed by atoms with Gasteiger partial charge in [-0.25, -0.2) is 0 Å². The van der Waals surface area contributed by atoms with Crippen LogP contribution < -0.4 is 9.80 Å². The highest BCUT2D eigenvalue weighted by Gasteiger charge is 2.20. The van der Waals surface area contributed by atoms with E-state index < -0.39 is 0 Å². The van der Waals surface area contributed by atoms with Crippen molar-refractivity contribution in [3.63, 3.8) is 0 Å². The van der Waals surface area contributed by atoms with E-state index in [4.69, 9.17) is 5.11 Å².